The van der Waals surface area contributed by atoms with Crippen LogP contribution in [0.5, 0.6) is 5.75 Å². The molecule has 4 heteroatoms. The largest absolute Gasteiger partial charge is 0.492 e. The summed E-state index contributed by atoms with van der Waals surface area (Å²) in [5.41, 5.74) is 7.28. The predicted octanol–water partition coefficient (Wildman–Crippen LogP) is 8.01. The highest BCUT2D eigenvalue weighted by Gasteiger charge is 2.13. The number of hydrogen-bond acceptors (Lipinski definition) is 4. The minimum atomic E-state index is 0.186. The topological polar surface area (TPSA) is 36.9 Å². The van der Waals surface area contributed by atoms with Crippen LogP contribution >= 0.6 is 0 Å². The Balaban J connectivity index is 1.38. The third-order valence-electron chi connectivity index (χ3n) is 7.25. The summed E-state index contributed by atoms with van der Waals surface area (Å²) in [4.78, 5) is 7.31. The number of ether oxygens (including phenoxy) is 1. The molecule has 1 heterocycles. The van der Waals surface area contributed by atoms with Crippen molar-refractivity contribution in [1.29, 1.82) is 0 Å². The SMILES string of the molecule is CCCCNc1cc(OCCN2CCCC2)ccc1N=Cc1ccc(Cc2ccc(C(C)(C)C)cc2)cc1. The molecule has 4 nitrogen and oxygen atoms in total. The van der Waals surface area contributed by atoms with E-state index in [-0.39, 0.29) is 5.41 Å². The Morgan fingerprint density at radius 3 is 2.26 bits per heavy atom. The van der Waals surface area contributed by atoms with Crippen molar-refractivity contribution in [2.24, 2.45) is 4.99 Å². The lowest BCUT2D eigenvalue weighted by molar-refractivity contribution is 0.238. The molecule has 3 aromatic carbocycles. The normalized spacial score (nSPS) is 14.3. The molecule has 0 aromatic heterocycles. The summed E-state index contributed by atoms with van der Waals surface area (Å²) in [6.45, 7) is 14.0. The van der Waals surface area contributed by atoms with Crippen LogP contribution < -0.4 is 10.1 Å². The van der Waals surface area contributed by atoms with Crippen LogP contribution in [0.25, 0.3) is 0 Å². The van der Waals surface area contributed by atoms with Crippen molar-refractivity contribution in [2.75, 3.05) is 38.1 Å². The zero-order valence-electron chi connectivity index (χ0n) is 23.8. The van der Waals surface area contributed by atoms with E-state index in [0.29, 0.717) is 0 Å². The Morgan fingerprint density at radius 1 is 0.921 bits per heavy atom. The van der Waals surface area contributed by atoms with Crippen LogP contribution in [-0.2, 0) is 11.8 Å². The number of hydrogen-bond donors (Lipinski definition) is 1. The van der Waals surface area contributed by atoms with Gasteiger partial charge in [0, 0.05) is 25.4 Å². The van der Waals surface area contributed by atoms with Crippen LogP contribution in [-0.4, -0.2) is 43.9 Å². The quantitative estimate of drug-likeness (QED) is 0.198. The van der Waals surface area contributed by atoms with E-state index in [4.69, 9.17) is 9.73 Å². The summed E-state index contributed by atoms with van der Waals surface area (Å²) < 4.78 is 6.08. The first kappa shape index (κ1) is 27.9. The van der Waals surface area contributed by atoms with Crippen molar-refractivity contribution in [2.45, 2.75) is 65.2 Å². The van der Waals surface area contributed by atoms with Crippen LogP contribution in [0, 0.1) is 0 Å². The van der Waals surface area contributed by atoms with Crippen LogP contribution in [0.15, 0.2) is 71.7 Å². The van der Waals surface area contributed by atoms with Crippen molar-refractivity contribution < 1.29 is 4.74 Å². The molecule has 0 amide bonds. The van der Waals surface area contributed by atoms with Crippen molar-refractivity contribution in [3.05, 3.63) is 89.0 Å². The molecule has 0 spiro atoms. The lowest BCUT2D eigenvalue weighted by atomic mass is 9.86. The zero-order chi connectivity index (χ0) is 26.8. The van der Waals surface area contributed by atoms with Gasteiger partial charge < -0.3 is 10.1 Å². The van der Waals surface area contributed by atoms with Crippen molar-refractivity contribution in [3.63, 3.8) is 0 Å². The summed E-state index contributed by atoms with van der Waals surface area (Å²) in [6.07, 6.45) is 7.80. The molecular weight excluding hydrogens is 466 g/mol. The van der Waals surface area contributed by atoms with E-state index in [1.54, 1.807) is 0 Å². The van der Waals surface area contributed by atoms with Gasteiger partial charge in [0.2, 0.25) is 0 Å². The van der Waals surface area contributed by atoms with Crippen molar-refractivity contribution in [3.8, 4) is 5.75 Å². The zero-order valence-corrected chi connectivity index (χ0v) is 23.8. The molecule has 1 aliphatic heterocycles. The number of nitrogens with one attached hydrogen (secondary N) is 1. The average Bonchev–Trinajstić information content (AvgIpc) is 3.43. The summed E-state index contributed by atoms with van der Waals surface area (Å²) in [5.74, 6) is 0.905. The number of nitrogens with zero attached hydrogens (tertiary/aromatic N) is 2. The van der Waals surface area contributed by atoms with Gasteiger partial charge in [0.25, 0.3) is 0 Å². The first-order chi connectivity index (χ1) is 18.4. The second kappa shape index (κ2) is 13.6. The van der Waals surface area contributed by atoms with Gasteiger partial charge in [-0.25, -0.2) is 0 Å². The van der Waals surface area contributed by atoms with E-state index in [2.05, 4.69) is 98.6 Å². The highest BCUT2D eigenvalue weighted by atomic mass is 16.5. The smallest absolute Gasteiger partial charge is 0.121 e. The number of unbranched alkanes of at least 4 members (excludes halogenated alkanes) is 1. The lowest BCUT2D eigenvalue weighted by Gasteiger charge is -2.19. The van der Waals surface area contributed by atoms with Gasteiger partial charge in [-0.15, -0.1) is 0 Å². The Morgan fingerprint density at radius 2 is 1.61 bits per heavy atom. The van der Waals surface area contributed by atoms with Gasteiger partial charge in [0.15, 0.2) is 0 Å². The summed E-state index contributed by atoms with van der Waals surface area (Å²) >= 11 is 0. The number of rotatable bonds is 12. The first-order valence-electron chi connectivity index (χ1n) is 14.4. The fourth-order valence-corrected chi connectivity index (χ4v) is 4.78. The number of likely N-dealkylation sites (tertiary alicyclic amines) is 1. The number of anilines is 1. The van der Waals surface area contributed by atoms with Crippen LogP contribution in [0.2, 0.25) is 0 Å². The second-order valence-corrected chi connectivity index (χ2v) is 11.5. The molecule has 1 aliphatic rings. The number of aliphatic imine (C=N–C) groups is 1. The maximum Gasteiger partial charge on any atom is 0.121 e. The molecule has 0 aliphatic carbocycles. The summed E-state index contributed by atoms with van der Waals surface area (Å²) in [7, 11) is 0. The predicted molar refractivity (Wildman–Crippen MR) is 163 cm³/mol. The Hall–Kier alpha value is -3.11. The molecule has 1 N–H and O–H groups in total. The highest BCUT2D eigenvalue weighted by Crippen LogP contribution is 2.30. The molecule has 0 unspecified atom stereocenters. The third-order valence-corrected chi connectivity index (χ3v) is 7.25. The van der Waals surface area contributed by atoms with Crippen molar-refractivity contribution >= 4 is 17.6 Å². The average molecular weight is 512 g/mol. The van der Waals surface area contributed by atoms with Gasteiger partial charge in [-0.2, -0.15) is 0 Å². The van der Waals surface area contributed by atoms with Crippen LogP contribution in [0.4, 0.5) is 11.4 Å². The monoisotopic (exact) mass is 511 g/mol. The molecule has 1 saturated heterocycles. The highest BCUT2D eigenvalue weighted by molar-refractivity contribution is 5.84. The van der Waals surface area contributed by atoms with E-state index >= 15 is 0 Å². The molecule has 0 atom stereocenters. The van der Waals surface area contributed by atoms with Crippen LogP contribution in [0.1, 0.15) is 75.6 Å². The summed E-state index contributed by atoms with van der Waals surface area (Å²) in [6, 6.07) is 23.9. The molecule has 3 aromatic rings. The van der Waals surface area contributed by atoms with Crippen LogP contribution in [0.3, 0.4) is 0 Å². The lowest BCUT2D eigenvalue weighted by Crippen LogP contribution is -2.25. The van der Waals surface area contributed by atoms with Gasteiger partial charge in [0.05, 0.1) is 11.4 Å². The molecule has 38 heavy (non-hydrogen) atoms. The standard InChI is InChI=1S/C34H45N3O/c1-5-6-19-35-33-25-31(38-23-22-37-20-7-8-21-37)17-18-32(33)36-26-29-11-9-27(10-12-29)24-28-13-15-30(16-14-28)34(2,3)4/h9-18,25-26,35H,5-8,19-24H2,1-4H3. The van der Waals surface area contributed by atoms with Crippen molar-refractivity contribution in [1.82, 2.24) is 4.90 Å². The molecule has 0 saturated carbocycles. The van der Waals surface area contributed by atoms with Gasteiger partial charge >= 0.3 is 0 Å². The second-order valence-electron chi connectivity index (χ2n) is 11.5. The van der Waals surface area contributed by atoms with Gasteiger partial charge in [0.1, 0.15) is 12.4 Å². The molecular formula is C34H45N3O. The fourth-order valence-electron chi connectivity index (χ4n) is 4.78. The maximum absolute atomic E-state index is 6.08. The molecule has 4 rings (SSSR count). The maximum atomic E-state index is 6.08. The molecule has 1 fully saturated rings. The Bertz CT molecular complexity index is 1150. The summed E-state index contributed by atoms with van der Waals surface area (Å²) in [5, 5.41) is 3.57. The molecule has 0 bridgehead atoms. The van der Waals surface area contributed by atoms with Gasteiger partial charge in [-0.1, -0.05) is 82.6 Å². The first-order valence-corrected chi connectivity index (χ1v) is 14.4. The van der Waals surface area contributed by atoms with Gasteiger partial charge in [-0.05, 0) is 78.6 Å². The molecule has 202 valence electrons. The van der Waals surface area contributed by atoms with Gasteiger partial charge in [-0.3, -0.25) is 9.89 Å². The Kier molecular flexibility index (Phi) is 10.0. The minimum Gasteiger partial charge on any atom is -0.492 e. The van der Waals surface area contributed by atoms with E-state index in [1.807, 2.05) is 12.3 Å². The molecule has 0 radical (unpaired) electrons. The Labute approximate surface area is 230 Å². The van der Waals surface area contributed by atoms with E-state index in [0.717, 1.165) is 61.6 Å². The fraction of sp³-hybridized carbons (Fsp3) is 0.441. The number of benzene rings is 3. The minimum absolute atomic E-state index is 0.186. The third kappa shape index (κ3) is 8.46. The van der Waals surface area contributed by atoms with E-state index < -0.39 is 0 Å². The van der Waals surface area contributed by atoms with E-state index in [9.17, 15) is 0 Å². The van der Waals surface area contributed by atoms with E-state index in [1.165, 1.54) is 42.6 Å².